The minimum absolute atomic E-state index is 0.0393. The van der Waals surface area contributed by atoms with Gasteiger partial charge in [0.15, 0.2) is 5.84 Å². The highest BCUT2D eigenvalue weighted by Gasteiger charge is 2.14. The van der Waals surface area contributed by atoms with Crippen LogP contribution in [0.4, 0.5) is 11.5 Å². The first-order valence-corrected chi connectivity index (χ1v) is 11.0. The summed E-state index contributed by atoms with van der Waals surface area (Å²) in [5.74, 6) is 1.30. The van der Waals surface area contributed by atoms with E-state index in [9.17, 15) is 8.42 Å². The summed E-state index contributed by atoms with van der Waals surface area (Å²) in [4.78, 5) is 4.83. The molecular weight excluding hydrogens is 410 g/mol. The Labute approximate surface area is 169 Å². The molecule has 3 heterocycles. The van der Waals surface area contributed by atoms with E-state index in [4.69, 9.17) is 10.1 Å². The van der Waals surface area contributed by atoms with Crippen molar-refractivity contribution in [1.29, 1.82) is 0 Å². The van der Waals surface area contributed by atoms with Gasteiger partial charge in [-0.25, -0.2) is 24.1 Å². The maximum atomic E-state index is 11.7. The zero-order chi connectivity index (χ0) is 20.0. The van der Waals surface area contributed by atoms with Gasteiger partial charge in [0.1, 0.15) is 5.82 Å². The lowest BCUT2D eigenvalue weighted by atomic mass is 10.1. The van der Waals surface area contributed by atoms with Gasteiger partial charge in [-0.05, 0) is 35.7 Å². The Morgan fingerprint density at radius 3 is 2.76 bits per heavy atom. The fourth-order valence-electron chi connectivity index (χ4n) is 3.17. The number of hydrazone groups is 1. The Balaban J connectivity index is 1.63. The van der Waals surface area contributed by atoms with Crippen molar-refractivity contribution < 1.29 is 8.42 Å². The Kier molecular flexibility index (Phi) is 4.10. The first kappa shape index (κ1) is 17.8. The van der Waals surface area contributed by atoms with Crippen molar-refractivity contribution >= 4 is 59.7 Å². The molecule has 0 bridgehead atoms. The van der Waals surface area contributed by atoms with Gasteiger partial charge >= 0.3 is 0 Å². The molecule has 4 aromatic rings. The van der Waals surface area contributed by atoms with Gasteiger partial charge in [0.25, 0.3) is 0 Å². The van der Waals surface area contributed by atoms with Gasteiger partial charge in [0.2, 0.25) is 10.0 Å². The number of sulfonamides is 1. The molecule has 0 spiro atoms. The van der Waals surface area contributed by atoms with Crippen molar-refractivity contribution in [3.8, 4) is 0 Å². The first-order valence-electron chi connectivity index (χ1n) is 8.54. The maximum Gasteiger partial charge on any atom is 0.238 e. The van der Waals surface area contributed by atoms with E-state index in [0.29, 0.717) is 17.3 Å². The molecule has 0 saturated heterocycles. The van der Waals surface area contributed by atoms with Crippen molar-refractivity contribution in [2.45, 2.75) is 4.90 Å². The van der Waals surface area contributed by atoms with E-state index in [2.05, 4.69) is 26.9 Å². The van der Waals surface area contributed by atoms with Crippen LogP contribution in [0.1, 0.15) is 5.56 Å². The number of anilines is 2. The molecule has 11 heteroatoms. The number of amidine groups is 1. The Morgan fingerprint density at radius 2 is 1.97 bits per heavy atom. The highest BCUT2D eigenvalue weighted by molar-refractivity contribution is 7.89. The van der Waals surface area contributed by atoms with Crippen molar-refractivity contribution in [3.63, 3.8) is 0 Å². The van der Waals surface area contributed by atoms with E-state index in [1.807, 2.05) is 29.6 Å². The topological polar surface area (TPSA) is 134 Å². The fraction of sp³-hybridized carbons (Fsp3) is 0. The molecule has 2 aromatic heterocycles. The molecule has 0 radical (unpaired) electrons. The molecule has 0 fully saturated rings. The Bertz CT molecular complexity index is 1400. The number of aromatic nitrogens is 1. The average molecular weight is 425 g/mol. The van der Waals surface area contributed by atoms with Gasteiger partial charge in [0.05, 0.1) is 10.4 Å². The molecule has 9 nitrogen and oxygen atoms in total. The number of nitrogens with two attached hydrogens (primary N) is 1. The highest BCUT2D eigenvalue weighted by Crippen LogP contribution is 2.35. The van der Waals surface area contributed by atoms with E-state index < -0.39 is 10.0 Å². The van der Waals surface area contributed by atoms with Crippen LogP contribution in [0.5, 0.6) is 0 Å². The summed E-state index contributed by atoms with van der Waals surface area (Å²) in [7, 11) is -3.79. The quantitative estimate of drug-likeness (QED) is 0.338. The molecule has 6 N–H and O–H groups in total. The molecule has 1 aliphatic heterocycles. The predicted octanol–water partition coefficient (Wildman–Crippen LogP) is 2.11. The van der Waals surface area contributed by atoms with Crippen molar-refractivity contribution in [2.75, 3.05) is 5.32 Å². The van der Waals surface area contributed by atoms with Gasteiger partial charge < -0.3 is 5.32 Å². The number of hydrogen-bond donors (Lipinski definition) is 5. The average Bonchev–Trinajstić information content (AvgIpc) is 3.39. The molecule has 0 atom stereocenters. The molecular formula is C18H15N7O2S2. The normalized spacial score (nSPS) is 13.9. The lowest BCUT2D eigenvalue weighted by molar-refractivity contribution is 0.577. The Hall–Kier alpha value is -3.25. The van der Waals surface area contributed by atoms with Crippen molar-refractivity contribution in [3.05, 3.63) is 59.5 Å². The molecule has 1 aliphatic rings. The molecule has 0 amide bonds. The van der Waals surface area contributed by atoms with Crippen molar-refractivity contribution in [1.82, 2.24) is 21.5 Å². The van der Waals surface area contributed by atoms with Crippen LogP contribution in [0.15, 0.2) is 63.9 Å². The van der Waals surface area contributed by atoms with E-state index >= 15 is 0 Å². The van der Waals surface area contributed by atoms with Crippen LogP contribution in [-0.2, 0) is 10.0 Å². The van der Waals surface area contributed by atoms with E-state index in [1.165, 1.54) is 12.1 Å². The largest absolute Gasteiger partial charge is 0.340 e. The number of benzene rings is 2. The van der Waals surface area contributed by atoms with E-state index in [0.717, 1.165) is 26.6 Å². The van der Waals surface area contributed by atoms with Crippen LogP contribution in [0.25, 0.3) is 21.0 Å². The van der Waals surface area contributed by atoms with Crippen LogP contribution in [0, 0.1) is 0 Å². The summed E-state index contributed by atoms with van der Waals surface area (Å²) >= 11 is 1.62. The summed E-state index contributed by atoms with van der Waals surface area (Å²) in [6.45, 7) is 0. The van der Waals surface area contributed by atoms with Gasteiger partial charge in [-0.2, -0.15) is 0 Å². The monoisotopic (exact) mass is 425 g/mol. The Morgan fingerprint density at radius 1 is 1.07 bits per heavy atom. The van der Waals surface area contributed by atoms with Crippen LogP contribution >= 0.6 is 11.3 Å². The number of nitrogens with zero attached hydrogens (tertiary/aromatic N) is 2. The van der Waals surface area contributed by atoms with Gasteiger partial charge in [0, 0.05) is 26.7 Å². The lowest BCUT2D eigenvalue weighted by Crippen LogP contribution is -2.35. The van der Waals surface area contributed by atoms with Crippen molar-refractivity contribution in [2.24, 2.45) is 10.2 Å². The molecule has 5 rings (SSSR count). The summed E-state index contributed by atoms with van der Waals surface area (Å²) in [5.41, 5.74) is 10.5. The second-order valence-corrected chi connectivity index (χ2v) is 8.85. The number of nitrogens with one attached hydrogen (secondary N) is 4. The first-order chi connectivity index (χ1) is 14.0. The van der Waals surface area contributed by atoms with Gasteiger partial charge in [-0.1, -0.05) is 18.2 Å². The van der Waals surface area contributed by atoms with E-state index in [1.54, 1.807) is 23.5 Å². The summed E-state index contributed by atoms with van der Waals surface area (Å²) in [6.07, 6.45) is 0. The summed E-state index contributed by atoms with van der Waals surface area (Å²) < 4.78 is 24.4. The summed E-state index contributed by atoms with van der Waals surface area (Å²) in [6, 6.07) is 14.3. The molecule has 0 saturated carbocycles. The SMILES string of the molecule is NS(=O)(=O)c1cccc(Nc2nc3cc(C4=NNNN4)ccc3c3sccc23)c1. The van der Waals surface area contributed by atoms with Crippen LogP contribution in [0.2, 0.25) is 0 Å². The number of primary sulfonamides is 1. The smallest absolute Gasteiger partial charge is 0.238 e. The van der Waals surface area contributed by atoms with Gasteiger partial charge in [-0.15, -0.1) is 22.0 Å². The van der Waals surface area contributed by atoms with E-state index in [-0.39, 0.29) is 4.90 Å². The summed E-state index contributed by atoms with van der Waals surface area (Å²) in [5, 5.41) is 16.6. The molecule has 0 unspecified atom stereocenters. The highest BCUT2D eigenvalue weighted by atomic mass is 32.2. The predicted molar refractivity (Wildman–Crippen MR) is 114 cm³/mol. The zero-order valence-corrected chi connectivity index (χ0v) is 16.4. The minimum Gasteiger partial charge on any atom is -0.340 e. The third-order valence-electron chi connectivity index (χ3n) is 4.50. The lowest BCUT2D eigenvalue weighted by Gasteiger charge is -2.11. The second kappa shape index (κ2) is 6.67. The van der Waals surface area contributed by atoms with Crippen LogP contribution < -0.4 is 27.0 Å². The standard InChI is InChI=1S/C18H15N7O2S2/c19-29(26,27)12-3-1-2-11(9-12)20-18-14-6-7-28-16(14)13-5-4-10(8-15(13)21-18)17-22-24-25-23-17/h1-9,24-25H,(H,20,21)(H,22,23)(H2,19,26,27). The fourth-order valence-corrected chi connectivity index (χ4v) is 4.66. The van der Waals surface area contributed by atoms with Crippen LogP contribution in [0.3, 0.4) is 0 Å². The number of rotatable bonds is 4. The number of pyridine rings is 1. The third-order valence-corrected chi connectivity index (χ3v) is 6.36. The minimum atomic E-state index is -3.79. The third kappa shape index (κ3) is 3.25. The molecule has 2 aromatic carbocycles. The number of fused-ring (bicyclic) bond motifs is 3. The molecule has 0 aliphatic carbocycles. The van der Waals surface area contributed by atoms with Gasteiger partial charge in [-0.3, -0.25) is 5.43 Å². The molecule has 29 heavy (non-hydrogen) atoms. The second-order valence-electron chi connectivity index (χ2n) is 6.38. The number of thiophene rings is 1. The van der Waals surface area contributed by atoms with Crippen LogP contribution in [-0.4, -0.2) is 19.2 Å². The number of hydrazine groups is 2. The maximum absolute atomic E-state index is 11.7. The number of hydrogen-bond acceptors (Lipinski definition) is 9. The molecule has 146 valence electrons. The zero-order valence-electron chi connectivity index (χ0n) is 14.8.